The maximum absolute atomic E-state index is 13.0. The molecule has 5 rings (SSSR count). The number of epoxide rings is 1. The Bertz CT molecular complexity index is 702. The van der Waals surface area contributed by atoms with E-state index in [0.29, 0.717) is 41.8 Å². The molecular formula is C25H40O3. The molecule has 10 atom stereocenters. The predicted molar refractivity (Wildman–Crippen MR) is 110 cm³/mol. The van der Waals surface area contributed by atoms with Crippen molar-refractivity contribution in [1.29, 1.82) is 0 Å². The lowest BCUT2D eigenvalue weighted by Crippen LogP contribution is -2.62. The standard InChI is InChI=1S/C25H40O3/c1-14(2)21-19-12-24(27)18(11-22(19,5)13-20(21)26)15(3)7-8-17-16(4)9-10-25(17)23(24,6)28-25/h14-19,21,27H,7-13H2,1-6H3/t15-,16+,17+,18-,19+,21-,22+,23-,24-,25+/m1/s1. The third-order valence-corrected chi connectivity index (χ3v) is 10.7. The molecule has 4 saturated carbocycles. The molecule has 28 heavy (non-hydrogen) atoms. The minimum absolute atomic E-state index is 0.0527. The van der Waals surface area contributed by atoms with Crippen LogP contribution in [0, 0.1) is 46.8 Å². The number of carbonyl (C=O) groups is 1. The zero-order chi connectivity index (χ0) is 20.3. The van der Waals surface area contributed by atoms with E-state index >= 15 is 0 Å². The first-order valence-corrected chi connectivity index (χ1v) is 11.9. The molecule has 1 saturated heterocycles. The lowest BCUT2D eigenvalue weighted by molar-refractivity contribution is -0.168. The summed E-state index contributed by atoms with van der Waals surface area (Å²) in [6.45, 7) is 13.7. The van der Waals surface area contributed by atoms with Gasteiger partial charge in [0.1, 0.15) is 17.0 Å². The molecule has 0 aromatic carbocycles. The lowest BCUT2D eigenvalue weighted by atomic mass is 9.49. The van der Waals surface area contributed by atoms with Crippen molar-refractivity contribution < 1.29 is 14.6 Å². The summed E-state index contributed by atoms with van der Waals surface area (Å²) in [5, 5.41) is 12.5. The summed E-state index contributed by atoms with van der Waals surface area (Å²) in [7, 11) is 0. The van der Waals surface area contributed by atoms with Crippen molar-refractivity contribution in [2.24, 2.45) is 46.8 Å². The van der Waals surface area contributed by atoms with Gasteiger partial charge in [-0.1, -0.05) is 34.6 Å². The number of ketones is 1. The number of carbonyl (C=O) groups excluding carboxylic acids is 1. The predicted octanol–water partition coefficient (Wildman–Crippen LogP) is 5.00. The van der Waals surface area contributed by atoms with E-state index < -0.39 is 11.2 Å². The van der Waals surface area contributed by atoms with Gasteiger partial charge >= 0.3 is 0 Å². The van der Waals surface area contributed by atoms with Crippen LogP contribution in [0.4, 0.5) is 0 Å². The van der Waals surface area contributed by atoms with Gasteiger partial charge in [-0.05, 0) is 86.4 Å². The van der Waals surface area contributed by atoms with E-state index in [1.165, 1.54) is 19.3 Å². The highest BCUT2D eigenvalue weighted by Gasteiger charge is 2.82. The van der Waals surface area contributed by atoms with Gasteiger partial charge < -0.3 is 9.84 Å². The topological polar surface area (TPSA) is 49.8 Å². The van der Waals surface area contributed by atoms with Gasteiger partial charge in [0.2, 0.25) is 0 Å². The molecule has 5 fully saturated rings. The van der Waals surface area contributed by atoms with E-state index in [-0.39, 0.29) is 22.9 Å². The fraction of sp³-hybridized carbons (Fsp3) is 0.960. The van der Waals surface area contributed by atoms with Gasteiger partial charge in [0.05, 0.1) is 5.60 Å². The monoisotopic (exact) mass is 388 g/mol. The molecule has 1 N–H and O–H groups in total. The van der Waals surface area contributed by atoms with E-state index in [9.17, 15) is 9.90 Å². The van der Waals surface area contributed by atoms with Crippen LogP contribution in [-0.4, -0.2) is 27.7 Å². The van der Waals surface area contributed by atoms with Crippen molar-refractivity contribution in [1.82, 2.24) is 0 Å². The number of hydrogen-bond acceptors (Lipinski definition) is 3. The van der Waals surface area contributed by atoms with Crippen molar-refractivity contribution in [3.8, 4) is 0 Å². The number of fused-ring (bicyclic) bond motifs is 3. The first-order valence-electron chi connectivity index (χ1n) is 11.9. The molecule has 0 amide bonds. The average molecular weight is 389 g/mol. The fourth-order valence-electron chi connectivity index (χ4n) is 9.08. The highest BCUT2D eigenvalue weighted by molar-refractivity contribution is 5.85. The molecule has 0 bridgehead atoms. The maximum atomic E-state index is 13.0. The van der Waals surface area contributed by atoms with Crippen molar-refractivity contribution in [2.75, 3.05) is 0 Å². The molecular weight excluding hydrogens is 348 g/mol. The molecule has 158 valence electrons. The van der Waals surface area contributed by atoms with E-state index in [1.54, 1.807) is 0 Å². The molecule has 4 aliphatic carbocycles. The summed E-state index contributed by atoms with van der Waals surface area (Å²) in [4.78, 5) is 13.0. The van der Waals surface area contributed by atoms with Crippen LogP contribution in [0.25, 0.3) is 0 Å². The smallest absolute Gasteiger partial charge is 0.137 e. The Kier molecular flexibility index (Phi) is 3.93. The Morgan fingerprint density at radius 1 is 1.00 bits per heavy atom. The van der Waals surface area contributed by atoms with Crippen molar-refractivity contribution in [2.45, 2.75) is 103 Å². The molecule has 0 unspecified atom stereocenters. The van der Waals surface area contributed by atoms with E-state index in [0.717, 1.165) is 19.3 Å². The number of ether oxygens (including phenoxy) is 1. The Labute approximate surface area is 171 Å². The van der Waals surface area contributed by atoms with E-state index in [4.69, 9.17) is 4.74 Å². The first kappa shape index (κ1) is 19.5. The number of hydrogen-bond donors (Lipinski definition) is 1. The molecule has 3 heteroatoms. The summed E-state index contributed by atoms with van der Waals surface area (Å²) in [5.74, 6) is 3.21. The van der Waals surface area contributed by atoms with Gasteiger partial charge in [-0.3, -0.25) is 4.79 Å². The Hall–Kier alpha value is -0.410. The molecule has 0 radical (unpaired) electrons. The minimum atomic E-state index is -0.795. The summed E-state index contributed by atoms with van der Waals surface area (Å²) in [6, 6.07) is 0. The second-order valence-corrected chi connectivity index (χ2v) is 12.3. The number of Topliss-reactive ketones (excluding diaryl/α,β-unsaturated/α-hetero) is 1. The van der Waals surface area contributed by atoms with Crippen LogP contribution >= 0.6 is 0 Å². The fourth-order valence-corrected chi connectivity index (χ4v) is 9.08. The third-order valence-electron chi connectivity index (χ3n) is 10.7. The largest absolute Gasteiger partial charge is 0.386 e. The molecule has 3 nitrogen and oxygen atoms in total. The summed E-state index contributed by atoms with van der Waals surface area (Å²) in [5.41, 5.74) is -1.28. The summed E-state index contributed by atoms with van der Waals surface area (Å²) >= 11 is 0. The summed E-state index contributed by atoms with van der Waals surface area (Å²) < 4.78 is 6.70. The second kappa shape index (κ2) is 5.63. The Morgan fingerprint density at radius 3 is 2.36 bits per heavy atom. The minimum Gasteiger partial charge on any atom is -0.386 e. The second-order valence-electron chi connectivity index (χ2n) is 12.3. The number of aliphatic hydroxyl groups is 1. The van der Waals surface area contributed by atoms with Crippen molar-refractivity contribution in [3.05, 3.63) is 0 Å². The van der Waals surface area contributed by atoms with Gasteiger partial charge in [0.15, 0.2) is 0 Å². The zero-order valence-electron chi connectivity index (χ0n) is 18.8. The molecule has 0 aromatic heterocycles. The maximum Gasteiger partial charge on any atom is 0.137 e. The van der Waals surface area contributed by atoms with Crippen molar-refractivity contribution in [3.63, 3.8) is 0 Å². The van der Waals surface area contributed by atoms with Gasteiger partial charge in [0.25, 0.3) is 0 Å². The Balaban J connectivity index is 1.58. The zero-order valence-corrected chi connectivity index (χ0v) is 18.8. The van der Waals surface area contributed by atoms with E-state index in [2.05, 4.69) is 41.5 Å². The molecule has 5 aliphatic rings. The highest BCUT2D eigenvalue weighted by Crippen LogP contribution is 2.74. The van der Waals surface area contributed by atoms with Crippen LogP contribution in [0.2, 0.25) is 0 Å². The van der Waals surface area contributed by atoms with Crippen LogP contribution < -0.4 is 0 Å². The first-order chi connectivity index (χ1) is 13.0. The molecule has 1 spiro atoms. The van der Waals surface area contributed by atoms with Crippen LogP contribution in [0.5, 0.6) is 0 Å². The van der Waals surface area contributed by atoms with Crippen LogP contribution in [0.15, 0.2) is 0 Å². The highest BCUT2D eigenvalue weighted by atomic mass is 16.6. The van der Waals surface area contributed by atoms with Gasteiger partial charge in [-0.2, -0.15) is 0 Å². The van der Waals surface area contributed by atoms with Gasteiger partial charge in [-0.15, -0.1) is 0 Å². The number of rotatable bonds is 1. The average Bonchev–Trinajstić information content (AvgIpc) is 2.95. The molecule has 1 heterocycles. The summed E-state index contributed by atoms with van der Waals surface area (Å²) in [6.07, 6.45) is 7.20. The SMILES string of the molecule is CC(C)[C@H]1C(=O)C[C@]2(C)C[C@@H]3[C@H](C)CC[C@H]4[C@@H](C)CC[C@]45O[C@]5(C)[C@@]3(O)C[C@@H]12. The van der Waals surface area contributed by atoms with Crippen LogP contribution in [0.1, 0.15) is 86.5 Å². The normalized spacial score (nSPS) is 60.5. The van der Waals surface area contributed by atoms with Crippen LogP contribution in [0.3, 0.4) is 0 Å². The van der Waals surface area contributed by atoms with E-state index in [1.807, 2.05) is 0 Å². The van der Waals surface area contributed by atoms with Gasteiger partial charge in [0, 0.05) is 12.3 Å². The van der Waals surface area contributed by atoms with Crippen LogP contribution in [-0.2, 0) is 9.53 Å². The molecule has 1 aliphatic heterocycles. The Morgan fingerprint density at radius 2 is 1.68 bits per heavy atom. The quantitative estimate of drug-likeness (QED) is 0.643. The third kappa shape index (κ3) is 2.11. The molecule has 0 aromatic rings. The van der Waals surface area contributed by atoms with Gasteiger partial charge in [-0.25, -0.2) is 0 Å². The van der Waals surface area contributed by atoms with Crippen molar-refractivity contribution >= 4 is 5.78 Å². The lowest BCUT2D eigenvalue weighted by Gasteiger charge is -2.56.